The summed E-state index contributed by atoms with van der Waals surface area (Å²) in [5.41, 5.74) is 2.59. The second-order valence-corrected chi connectivity index (χ2v) is 8.30. The molecule has 4 heterocycles. The zero-order valence-corrected chi connectivity index (χ0v) is 16.6. The first-order chi connectivity index (χ1) is 14.3. The number of hydrogen-bond acceptors (Lipinski definition) is 5. The molecule has 0 aromatic carbocycles. The van der Waals surface area contributed by atoms with E-state index in [1.165, 1.54) is 25.7 Å². The van der Waals surface area contributed by atoms with Crippen LogP contribution in [-0.2, 0) is 4.79 Å². The molecule has 7 nitrogen and oxygen atoms in total. The molecule has 0 spiro atoms. The minimum absolute atomic E-state index is 0.275. The van der Waals surface area contributed by atoms with Gasteiger partial charge in [-0.25, -0.2) is 0 Å². The van der Waals surface area contributed by atoms with E-state index in [0.717, 1.165) is 55.1 Å². The Morgan fingerprint density at radius 3 is 2.62 bits per heavy atom. The Labute approximate surface area is 170 Å². The van der Waals surface area contributed by atoms with Crippen LogP contribution in [0.2, 0.25) is 0 Å². The van der Waals surface area contributed by atoms with E-state index >= 15 is 0 Å². The maximum Gasteiger partial charge on any atom is 0.222 e. The third-order valence-corrected chi connectivity index (χ3v) is 6.40. The summed E-state index contributed by atoms with van der Waals surface area (Å²) >= 11 is 0. The Morgan fingerprint density at radius 1 is 1.03 bits per heavy atom. The molecule has 1 saturated heterocycles. The van der Waals surface area contributed by atoms with Gasteiger partial charge in [0.1, 0.15) is 0 Å². The standard InChI is InChI=1S/C22H26N6O/c29-21(14-16-4-1-2-5-16)27-12-9-17(10-13-27)22-25-24-20-8-7-19(26-28(20)22)18-6-3-11-23-15-18/h3,6-8,11,15-17H,1-2,4-5,9-10,12-14H2. The lowest BCUT2D eigenvalue weighted by molar-refractivity contribution is -0.133. The first kappa shape index (κ1) is 18.2. The number of rotatable bonds is 4. The van der Waals surface area contributed by atoms with E-state index in [2.05, 4.69) is 15.2 Å². The Balaban J connectivity index is 1.29. The minimum Gasteiger partial charge on any atom is -0.343 e. The molecule has 0 unspecified atom stereocenters. The summed E-state index contributed by atoms with van der Waals surface area (Å²) in [6.07, 6.45) is 11.1. The predicted octanol–water partition coefficient (Wildman–Crippen LogP) is 3.47. The predicted molar refractivity (Wildman–Crippen MR) is 109 cm³/mol. The van der Waals surface area contributed by atoms with Gasteiger partial charge in [0.2, 0.25) is 5.91 Å². The fraction of sp³-hybridized carbons (Fsp3) is 0.500. The molecular weight excluding hydrogens is 364 g/mol. The van der Waals surface area contributed by atoms with E-state index in [0.29, 0.717) is 11.8 Å². The van der Waals surface area contributed by atoms with Crippen molar-refractivity contribution in [2.24, 2.45) is 5.92 Å². The van der Waals surface area contributed by atoms with Crippen molar-refractivity contribution in [2.45, 2.75) is 50.9 Å². The average molecular weight is 390 g/mol. The molecule has 1 aliphatic carbocycles. The van der Waals surface area contributed by atoms with Crippen LogP contribution in [0.4, 0.5) is 0 Å². The number of pyridine rings is 1. The Morgan fingerprint density at radius 2 is 1.86 bits per heavy atom. The van der Waals surface area contributed by atoms with Crippen molar-refractivity contribution < 1.29 is 4.79 Å². The van der Waals surface area contributed by atoms with Crippen molar-refractivity contribution in [1.29, 1.82) is 0 Å². The molecule has 1 aliphatic heterocycles. The molecule has 2 fully saturated rings. The quantitative estimate of drug-likeness (QED) is 0.682. The number of amides is 1. The lowest BCUT2D eigenvalue weighted by Crippen LogP contribution is -2.38. The zero-order valence-electron chi connectivity index (χ0n) is 16.6. The van der Waals surface area contributed by atoms with Crippen molar-refractivity contribution in [3.05, 3.63) is 42.5 Å². The van der Waals surface area contributed by atoms with Gasteiger partial charge >= 0.3 is 0 Å². The molecular formula is C22H26N6O. The van der Waals surface area contributed by atoms with Gasteiger partial charge in [0.25, 0.3) is 0 Å². The van der Waals surface area contributed by atoms with Crippen molar-refractivity contribution in [2.75, 3.05) is 13.1 Å². The van der Waals surface area contributed by atoms with Crippen LogP contribution in [0.1, 0.15) is 56.7 Å². The van der Waals surface area contributed by atoms with Crippen LogP contribution in [0.5, 0.6) is 0 Å². The summed E-state index contributed by atoms with van der Waals surface area (Å²) in [6, 6.07) is 7.81. The number of aromatic nitrogens is 5. The van der Waals surface area contributed by atoms with E-state index in [4.69, 9.17) is 5.10 Å². The summed E-state index contributed by atoms with van der Waals surface area (Å²) in [4.78, 5) is 18.9. The number of hydrogen-bond donors (Lipinski definition) is 0. The maximum atomic E-state index is 12.6. The highest BCUT2D eigenvalue weighted by Crippen LogP contribution is 2.31. The van der Waals surface area contributed by atoms with Gasteiger partial charge in [-0.2, -0.15) is 9.61 Å². The Bertz CT molecular complexity index is 987. The molecule has 7 heteroatoms. The number of likely N-dealkylation sites (tertiary alicyclic amines) is 1. The van der Waals surface area contributed by atoms with Gasteiger partial charge < -0.3 is 4.90 Å². The SMILES string of the molecule is O=C(CC1CCCC1)N1CCC(c2nnc3ccc(-c4cccnc4)nn23)CC1. The summed E-state index contributed by atoms with van der Waals surface area (Å²) in [5, 5.41) is 13.5. The van der Waals surface area contributed by atoms with Crippen molar-refractivity contribution >= 4 is 11.6 Å². The number of carbonyl (C=O) groups excluding carboxylic acids is 1. The lowest BCUT2D eigenvalue weighted by atomic mass is 9.95. The van der Waals surface area contributed by atoms with Crippen LogP contribution in [-0.4, -0.2) is 48.7 Å². The van der Waals surface area contributed by atoms with E-state index in [1.54, 1.807) is 6.20 Å². The van der Waals surface area contributed by atoms with Crippen molar-refractivity contribution in [3.63, 3.8) is 0 Å². The smallest absolute Gasteiger partial charge is 0.222 e. The molecule has 1 amide bonds. The normalized spacial score (nSPS) is 18.6. The van der Waals surface area contributed by atoms with Gasteiger partial charge in [-0.05, 0) is 55.9 Å². The number of piperidine rings is 1. The van der Waals surface area contributed by atoms with Crippen molar-refractivity contribution in [3.8, 4) is 11.3 Å². The van der Waals surface area contributed by atoms with Crippen LogP contribution < -0.4 is 0 Å². The van der Waals surface area contributed by atoms with Gasteiger partial charge in [-0.15, -0.1) is 10.2 Å². The highest BCUT2D eigenvalue weighted by molar-refractivity contribution is 5.76. The lowest BCUT2D eigenvalue weighted by Gasteiger charge is -2.31. The van der Waals surface area contributed by atoms with Crippen LogP contribution in [0.15, 0.2) is 36.7 Å². The Kier molecular flexibility index (Phi) is 4.96. The fourth-order valence-electron chi connectivity index (χ4n) is 4.71. The van der Waals surface area contributed by atoms with Gasteiger partial charge in [0.05, 0.1) is 5.69 Å². The first-order valence-electron chi connectivity index (χ1n) is 10.7. The monoisotopic (exact) mass is 390 g/mol. The van der Waals surface area contributed by atoms with Crippen LogP contribution in [0.25, 0.3) is 16.9 Å². The van der Waals surface area contributed by atoms with Crippen molar-refractivity contribution in [1.82, 2.24) is 29.7 Å². The van der Waals surface area contributed by atoms with Gasteiger partial charge in [-0.3, -0.25) is 9.78 Å². The first-order valence-corrected chi connectivity index (χ1v) is 10.7. The van der Waals surface area contributed by atoms with Gasteiger partial charge in [0, 0.05) is 43.4 Å². The third kappa shape index (κ3) is 3.73. The second-order valence-electron chi connectivity index (χ2n) is 8.30. The molecule has 0 atom stereocenters. The van der Waals surface area contributed by atoms with E-state index in [1.807, 2.05) is 39.9 Å². The third-order valence-electron chi connectivity index (χ3n) is 6.40. The maximum absolute atomic E-state index is 12.6. The molecule has 0 radical (unpaired) electrons. The summed E-state index contributed by atoms with van der Waals surface area (Å²) < 4.78 is 1.86. The summed E-state index contributed by atoms with van der Waals surface area (Å²) in [7, 11) is 0. The highest BCUT2D eigenvalue weighted by atomic mass is 16.2. The van der Waals surface area contributed by atoms with E-state index in [-0.39, 0.29) is 5.92 Å². The largest absolute Gasteiger partial charge is 0.343 e. The summed E-state index contributed by atoms with van der Waals surface area (Å²) in [6.45, 7) is 1.60. The molecule has 1 saturated carbocycles. The molecule has 5 rings (SSSR count). The number of nitrogens with zero attached hydrogens (tertiary/aromatic N) is 6. The van der Waals surface area contributed by atoms with E-state index < -0.39 is 0 Å². The molecule has 29 heavy (non-hydrogen) atoms. The van der Waals surface area contributed by atoms with Crippen LogP contribution in [0, 0.1) is 5.92 Å². The fourth-order valence-corrected chi connectivity index (χ4v) is 4.71. The molecule has 3 aromatic rings. The average Bonchev–Trinajstić information content (AvgIpc) is 3.44. The zero-order chi connectivity index (χ0) is 19.6. The minimum atomic E-state index is 0.275. The van der Waals surface area contributed by atoms with E-state index in [9.17, 15) is 4.79 Å². The highest BCUT2D eigenvalue weighted by Gasteiger charge is 2.29. The molecule has 0 N–H and O–H groups in total. The number of carbonyl (C=O) groups is 1. The second kappa shape index (κ2) is 7.89. The molecule has 2 aliphatic rings. The topological polar surface area (TPSA) is 76.3 Å². The molecule has 3 aromatic heterocycles. The van der Waals surface area contributed by atoms with Gasteiger partial charge in [-0.1, -0.05) is 12.8 Å². The Hall–Kier alpha value is -2.83. The number of fused-ring (bicyclic) bond motifs is 1. The van der Waals surface area contributed by atoms with Gasteiger partial charge in [0.15, 0.2) is 11.5 Å². The van der Waals surface area contributed by atoms with Crippen LogP contribution >= 0.6 is 0 Å². The molecule has 0 bridgehead atoms. The van der Waals surface area contributed by atoms with Crippen LogP contribution in [0.3, 0.4) is 0 Å². The summed E-state index contributed by atoms with van der Waals surface area (Å²) in [5.74, 6) is 2.11. The molecule has 150 valence electrons.